The lowest BCUT2D eigenvalue weighted by Gasteiger charge is -2.10. The molecule has 1 amide bonds. The molecule has 1 atom stereocenters. The van der Waals surface area contributed by atoms with Crippen molar-refractivity contribution >= 4 is 43.9 Å². The SMILES string of the molecule is CC(CCC(=O)O)CNC(=O)c1cc2sccc2s1. The summed E-state index contributed by atoms with van der Waals surface area (Å²) in [5.41, 5.74) is 0. The van der Waals surface area contributed by atoms with E-state index in [0.717, 1.165) is 9.40 Å². The molecule has 2 heterocycles. The van der Waals surface area contributed by atoms with E-state index in [1.165, 1.54) is 11.3 Å². The standard InChI is InChI=1S/C13H15NO3S2/c1-8(2-3-12(15)16)7-14-13(17)11-6-10-9(19-11)4-5-18-10/h4-6,8H,2-3,7H2,1H3,(H,14,17)(H,15,16). The van der Waals surface area contributed by atoms with E-state index < -0.39 is 5.97 Å². The molecular formula is C13H15NO3S2. The largest absolute Gasteiger partial charge is 0.481 e. The van der Waals surface area contributed by atoms with E-state index in [1.807, 2.05) is 24.4 Å². The van der Waals surface area contributed by atoms with E-state index in [-0.39, 0.29) is 18.2 Å². The molecule has 2 aromatic heterocycles. The van der Waals surface area contributed by atoms with Gasteiger partial charge in [-0.15, -0.1) is 22.7 Å². The van der Waals surface area contributed by atoms with Gasteiger partial charge in [0.1, 0.15) is 0 Å². The van der Waals surface area contributed by atoms with Crippen LogP contribution in [0.4, 0.5) is 0 Å². The zero-order valence-electron chi connectivity index (χ0n) is 10.5. The third kappa shape index (κ3) is 3.78. The summed E-state index contributed by atoms with van der Waals surface area (Å²) in [5, 5.41) is 13.5. The molecule has 0 aliphatic heterocycles. The number of rotatable bonds is 6. The molecule has 0 aromatic carbocycles. The summed E-state index contributed by atoms with van der Waals surface area (Å²) in [5.74, 6) is -0.701. The first-order chi connectivity index (χ1) is 9.06. The van der Waals surface area contributed by atoms with Crippen LogP contribution in [0.5, 0.6) is 0 Å². The highest BCUT2D eigenvalue weighted by Crippen LogP contribution is 2.29. The molecule has 19 heavy (non-hydrogen) atoms. The van der Waals surface area contributed by atoms with Gasteiger partial charge in [-0.3, -0.25) is 9.59 Å². The van der Waals surface area contributed by atoms with Crippen molar-refractivity contribution in [2.75, 3.05) is 6.54 Å². The zero-order chi connectivity index (χ0) is 13.8. The molecule has 0 saturated carbocycles. The van der Waals surface area contributed by atoms with Gasteiger partial charge < -0.3 is 10.4 Å². The van der Waals surface area contributed by atoms with Crippen LogP contribution in [-0.2, 0) is 4.79 Å². The van der Waals surface area contributed by atoms with Crippen molar-refractivity contribution in [1.29, 1.82) is 0 Å². The van der Waals surface area contributed by atoms with Crippen LogP contribution >= 0.6 is 22.7 Å². The first-order valence-corrected chi connectivity index (χ1v) is 7.73. The van der Waals surface area contributed by atoms with E-state index in [1.54, 1.807) is 11.3 Å². The Morgan fingerprint density at radius 2 is 2.21 bits per heavy atom. The van der Waals surface area contributed by atoms with Crippen LogP contribution in [-0.4, -0.2) is 23.5 Å². The van der Waals surface area contributed by atoms with Gasteiger partial charge in [-0.1, -0.05) is 6.92 Å². The predicted octanol–water partition coefficient (Wildman–Crippen LogP) is 3.19. The topological polar surface area (TPSA) is 66.4 Å². The fraction of sp³-hybridized carbons (Fsp3) is 0.385. The lowest BCUT2D eigenvalue weighted by molar-refractivity contribution is -0.137. The lowest BCUT2D eigenvalue weighted by atomic mass is 10.1. The van der Waals surface area contributed by atoms with Crippen LogP contribution < -0.4 is 5.32 Å². The second-order valence-corrected chi connectivity index (χ2v) is 6.54. The maximum Gasteiger partial charge on any atom is 0.303 e. The van der Waals surface area contributed by atoms with Crippen LogP contribution in [0.2, 0.25) is 0 Å². The summed E-state index contributed by atoms with van der Waals surface area (Å²) in [6, 6.07) is 3.92. The minimum absolute atomic E-state index is 0.0735. The van der Waals surface area contributed by atoms with Crippen LogP contribution in [0.3, 0.4) is 0 Å². The van der Waals surface area contributed by atoms with E-state index >= 15 is 0 Å². The van der Waals surface area contributed by atoms with Crippen molar-refractivity contribution in [2.24, 2.45) is 5.92 Å². The molecule has 2 rings (SSSR count). The van der Waals surface area contributed by atoms with Crippen molar-refractivity contribution in [3.8, 4) is 0 Å². The van der Waals surface area contributed by atoms with Gasteiger partial charge in [0, 0.05) is 22.4 Å². The van der Waals surface area contributed by atoms with Crippen molar-refractivity contribution in [1.82, 2.24) is 5.32 Å². The Labute approximate surface area is 119 Å². The second kappa shape index (κ2) is 6.16. The van der Waals surface area contributed by atoms with Crippen molar-refractivity contribution in [3.05, 3.63) is 22.4 Å². The van der Waals surface area contributed by atoms with Crippen LogP contribution in [0.1, 0.15) is 29.4 Å². The molecule has 4 nitrogen and oxygen atoms in total. The molecule has 2 N–H and O–H groups in total. The number of amides is 1. The fourth-order valence-electron chi connectivity index (χ4n) is 1.70. The number of carboxylic acid groups (broad SMARTS) is 1. The average Bonchev–Trinajstić information content (AvgIpc) is 2.93. The second-order valence-electron chi connectivity index (χ2n) is 4.51. The molecule has 0 fully saturated rings. The van der Waals surface area contributed by atoms with E-state index in [4.69, 9.17) is 5.11 Å². The number of carbonyl (C=O) groups is 2. The van der Waals surface area contributed by atoms with Gasteiger partial charge in [-0.25, -0.2) is 0 Å². The number of thiophene rings is 2. The number of carbonyl (C=O) groups excluding carboxylic acids is 1. The summed E-state index contributed by atoms with van der Waals surface area (Å²) >= 11 is 3.11. The Morgan fingerprint density at radius 1 is 1.42 bits per heavy atom. The number of aliphatic carboxylic acids is 1. The Kier molecular flexibility index (Phi) is 4.55. The molecule has 6 heteroatoms. The lowest BCUT2D eigenvalue weighted by Crippen LogP contribution is -2.27. The van der Waals surface area contributed by atoms with E-state index in [2.05, 4.69) is 5.32 Å². The number of fused-ring (bicyclic) bond motifs is 1. The molecule has 0 saturated heterocycles. The first kappa shape index (κ1) is 14.0. The summed E-state index contributed by atoms with van der Waals surface area (Å²) in [4.78, 5) is 23.1. The smallest absolute Gasteiger partial charge is 0.303 e. The normalized spacial score (nSPS) is 12.5. The minimum atomic E-state index is -0.795. The van der Waals surface area contributed by atoms with Crippen molar-refractivity contribution in [3.63, 3.8) is 0 Å². The van der Waals surface area contributed by atoms with Crippen LogP contribution in [0.25, 0.3) is 9.40 Å². The molecule has 0 aliphatic carbocycles. The Bertz CT molecular complexity index is 559. The van der Waals surface area contributed by atoms with Gasteiger partial charge in [0.25, 0.3) is 5.91 Å². The van der Waals surface area contributed by atoms with Gasteiger partial charge in [0.05, 0.1) is 4.88 Å². The van der Waals surface area contributed by atoms with Gasteiger partial charge in [0.2, 0.25) is 0 Å². The number of nitrogens with one attached hydrogen (secondary N) is 1. The highest BCUT2D eigenvalue weighted by Gasteiger charge is 2.12. The van der Waals surface area contributed by atoms with Gasteiger partial charge in [0.15, 0.2) is 0 Å². The monoisotopic (exact) mass is 297 g/mol. The predicted molar refractivity (Wildman–Crippen MR) is 78.1 cm³/mol. The molecule has 2 aromatic rings. The summed E-state index contributed by atoms with van der Waals surface area (Å²) in [6.07, 6.45) is 0.723. The van der Waals surface area contributed by atoms with Gasteiger partial charge in [-0.05, 0) is 29.9 Å². The van der Waals surface area contributed by atoms with Gasteiger partial charge >= 0.3 is 5.97 Å². The van der Waals surface area contributed by atoms with E-state index in [9.17, 15) is 9.59 Å². The molecular weight excluding hydrogens is 282 g/mol. The number of hydrogen-bond donors (Lipinski definition) is 2. The minimum Gasteiger partial charge on any atom is -0.481 e. The van der Waals surface area contributed by atoms with Crippen LogP contribution in [0, 0.1) is 5.92 Å². The summed E-state index contributed by atoms with van der Waals surface area (Å²) < 4.78 is 2.27. The summed E-state index contributed by atoms with van der Waals surface area (Å²) in [7, 11) is 0. The quantitative estimate of drug-likeness (QED) is 0.860. The molecule has 0 bridgehead atoms. The third-order valence-corrected chi connectivity index (χ3v) is 4.92. The highest BCUT2D eigenvalue weighted by atomic mass is 32.1. The fourth-order valence-corrected chi connectivity index (χ4v) is 3.73. The molecule has 102 valence electrons. The number of carboxylic acids is 1. The first-order valence-electron chi connectivity index (χ1n) is 6.03. The molecule has 1 unspecified atom stereocenters. The van der Waals surface area contributed by atoms with E-state index in [0.29, 0.717) is 17.8 Å². The molecule has 0 spiro atoms. The van der Waals surface area contributed by atoms with Crippen molar-refractivity contribution < 1.29 is 14.7 Å². The highest BCUT2D eigenvalue weighted by molar-refractivity contribution is 7.27. The Balaban J connectivity index is 1.84. The van der Waals surface area contributed by atoms with Gasteiger partial charge in [-0.2, -0.15) is 0 Å². The van der Waals surface area contributed by atoms with Crippen molar-refractivity contribution in [2.45, 2.75) is 19.8 Å². The Morgan fingerprint density at radius 3 is 2.89 bits per heavy atom. The average molecular weight is 297 g/mol. The third-order valence-electron chi connectivity index (χ3n) is 2.83. The molecule has 0 aliphatic rings. The maximum absolute atomic E-state index is 11.9. The zero-order valence-corrected chi connectivity index (χ0v) is 12.1. The maximum atomic E-state index is 11.9. The Hall–Kier alpha value is -1.40. The number of hydrogen-bond acceptors (Lipinski definition) is 4. The van der Waals surface area contributed by atoms with Crippen LogP contribution in [0.15, 0.2) is 17.5 Å². The summed E-state index contributed by atoms with van der Waals surface area (Å²) in [6.45, 7) is 2.45. The molecule has 0 radical (unpaired) electrons.